The minimum absolute atomic E-state index is 0.0747. The molecule has 0 atom stereocenters. The summed E-state index contributed by atoms with van der Waals surface area (Å²) in [6.45, 7) is 20.3. The van der Waals surface area contributed by atoms with Crippen molar-refractivity contribution in [2.75, 3.05) is 26.4 Å². The maximum Gasteiger partial charge on any atom is 0.514 e. The van der Waals surface area contributed by atoms with Crippen LogP contribution in [0.1, 0.15) is 102 Å². The zero-order valence-corrected chi connectivity index (χ0v) is 44.3. The number of carbonyl (C=O) groups excluding carboxylic acids is 4. The molecule has 75 heavy (non-hydrogen) atoms. The summed E-state index contributed by atoms with van der Waals surface area (Å²) in [5, 5.41) is 30.8. The molecule has 0 saturated carbocycles. The molecule has 0 radical (unpaired) electrons. The van der Waals surface area contributed by atoms with Gasteiger partial charge in [-0.15, -0.1) is 0 Å². The first-order valence-electron chi connectivity index (χ1n) is 24.0. The summed E-state index contributed by atoms with van der Waals surface area (Å²) in [7, 11) is 0. The van der Waals surface area contributed by atoms with E-state index in [0.717, 1.165) is 48.8 Å². The molecule has 0 aliphatic heterocycles. The Labute approximate surface area is 443 Å². The Morgan fingerprint density at radius 3 is 1.31 bits per heavy atom. The minimum Gasteiger partial charge on any atom is -0.423 e. The molecule has 0 fully saturated rings. The van der Waals surface area contributed by atoms with E-state index in [1.807, 2.05) is 54.6 Å². The van der Waals surface area contributed by atoms with E-state index in [0.29, 0.717) is 56.8 Å². The van der Waals surface area contributed by atoms with Crippen LogP contribution in [0.2, 0.25) is 0 Å². The summed E-state index contributed by atoms with van der Waals surface area (Å²) in [5.74, 6) is 0.530. The third-order valence-electron chi connectivity index (χ3n) is 10.6. The van der Waals surface area contributed by atoms with Crippen molar-refractivity contribution in [3.63, 3.8) is 0 Å². The van der Waals surface area contributed by atoms with Crippen molar-refractivity contribution in [2.45, 2.75) is 104 Å². The van der Waals surface area contributed by atoms with Gasteiger partial charge in [-0.25, -0.2) is 9.59 Å². The molecule has 0 aliphatic carbocycles. The molecule has 1 aromatic heterocycles. The molecule has 0 spiro atoms. The number of aryl methyl sites for hydroxylation is 2. The first-order chi connectivity index (χ1) is 35.5. The van der Waals surface area contributed by atoms with Gasteiger partial charge in [0, 0.05) is 87.5 Å². The Balaban J connectivity index is 0.000000397. The van der Waals surface area contributed by atoms with E-state index < -0.39 is 32.6 Å². The monoisotopic (exact) mass is 1050 g/mol. The fraction of sp³-hybridized carbons (Fsp3) is 0.351. The van der Waals surface area contributed by atoms with Gasteiger partial charge >= 0.3 is 11.6 Å². The Hall–Kier alpha value is -7.44. The number of ether oxygens (including phenoxy) is 5. The predicted molar refractivity (Wildman–Crippen MR) is 287 cm³/mol. The van der Waals surface area contributed by atoms with E-state index in [9.17, 15) is 44.5 Å². The van der Waals surface area contributed by atoms with Crippen LogP contribution in [0.4, 0.5) is 21.0 Å². The average Bonchev–Trinajstić information content (AvgIpc) is 3.36. The number of aromatic nitrogens is 1. The van der Waals surface area contributed by atoms with Gasteiger partial charge in [-0.3, -0.25) is 34.8 Å². The van der Waals surface area contributed by atoms with E-state index in [-0.39, 0.29) is 34.4 Å². The summed E-state index contributed by atoms with van der Waals surface area (Å²) in [6, 6.07) is 31.7. The zero-order chi connectivity index (χ0) is 55.8. The van der Waals surface area contributed by atoms with Gasteiger partial charge in [0.15, 0.2) is 11.6 Å². The largest absolute Gasteiger partial charge is 0.514 e. The second-order valence-electron chi connectivity index (χ2n) is 17.8. The number of nitro benzene ring substituents is 2. The van der Waals surface area contributed by atoms with Crippen molar-refractivity contribution >= 4 is 46.1 Å². The van der Waals surface area contributed by atoms with E-state index >= 15 is 0 Å². The van der Waals surface area contributed by atoms with Gasteiger partial charge in [-0.2, -0.15) is 0 Å². The van der Waals surface area contributed by atoms with Gasteiger partial charge < -0.3 is 28.8 Å². The maximum atomic E-state index is 12.2. The van der Waals surface area contributed by atoms with Crippen LogP contribution in [0.25, 0.3) is 0 Å². The number of hydrogen-bond donors (Lipinski definition) is 1. The molecular formula is C57H68ClN3O14. The number of ketones is 2. The molecule has 0 unspecified atom stereocenters. The standard InChI is InChI=1S/C26H31NO7.C19H28O3.C7H4ClNO4.C5H5N/c1-19(2)24(28)8-6-18-32-17-5-7-20-9-11-21(12-10-20)26(3,4)34-25(29)33-23-15-13-22(14-16-23)27(30)31;1-15(2)18(20)8-6-14-22-13-5-7-16-9-11-17(12-10-16)19(3,4)21;8-7(10)13-6-3-1-5(2-4-6)9(11)12;1-2-4-6-5-3-1/h9-16H,1,5-8,17-18H2,2-4H3;9-12,21H,1,5-8,13-14H2,2-4H3;1-4H;1-5H. The lowest BCUT2D eigenvalue weighted by molar-refractivity contribution is -0.385. The normalized spacial score (nSPS) is 10.6. The summed E-state index contributed by atoms with van der Waals surface area (Å²) < 4.78 is 26.2. The second-order valence-corrected chi connectivity index (χ2v) is 18.1. The highest BCUT2D eigenvalue weighted by Crippen LogP contribution is 2.27. The fourth-order valence-electron chi connectivity index (χ4n) is 6.27. The first-order valence-corrected chi connectivity index (χ1v) is 24.4. The Kier molecular flexibility index (Phi) is 29.0. The van der Waals surface area contributed by atoms with Crippen LogP contribution in [0.5, 0.6) is 11.5 Å². The number of pyridine rings is 1. The van der Waals surface area contributed by atoms with Crippen molar-refractivity contribution in [3.05, 3.63) is 194 Å². The molecule has 5 aromatic rings. The van der Waals surface area contributed by atoms with Crippen LogP contribution in [0.3, 0.4) is 0 Å². The Morgan fingerprint density at radius 1 is 0.587 bits per heavy atom. The molecule has 1 heterocycles. The smallest absolute Gasteiger partial charge is 0.423 e. The summed E-state index contributed by atoms with van der Waals surface area (Å²) in [5.41, 5.74) is 2.44. The number of hydrogen-bond acceptors (Lipinski definition) is 15. The maximum absolute atomic E-state index is 12.2. The van der Waals surface area contributed by atoms with Gasteiger partial charge in [0.1, 0.15) is 17.1 Å². The molecule has 0 aliphatic rings. The quantitative estimate of drug-likeness (QED) is 0.0109. The summed E-state index contributed by atoms with van der Waals surface area (Å²) >= 11 is 4.92. The van der Waals surface area contributed by atoms with Crippen LogP contribution < -0.4 is 9.47 Å². The van der Waals surface area contributed by atoms with Crippen molar-refractivity contribution in [3.8, 4) is 11.5 Å². The molecule has 0 amide bonds. The summed E-state index contributed by atoms with van der Waals surface area (Å²) in [6.07, 6.45) is 8.65. The van der Waals surface area contributed by atoms with Gasteiger partial charge in [0.25, 0.3) is 11.4 Å². The van der Waals surface area contributed by atoms with E-state index in [2.05, 4.69) is 35.0 Å². The fourth-order valence-corrected chi connectivity index (χ4v) is 6.36. The van der Waals surface area contributed by atoms with Gasteiger partial charge in [0.05, 0.1) is 15.4 Å². The molecule has 402 valence electrons. The van der Waals surface area contributed by atoms with E-state index in [1.54, 1.807) is 53.9 Å². The highest BCUT2D eigenvalue weighted by atomic mass is 35.5. The van der Waals surface area contributed by atoms with Crippen LogP contribution in [0, 0.1) is 20.2 Å². The minimum atomic E-state index is -0.978. The van der Waals surface area contributed by atoms with Crippen LogP contribution >= 0.6 is 11.6 Å². The third-order valence-corrected chi connectivity index (χ3v) is 10.6. The lowest BCUT2D eigenvalue weighted by Crippen LogP contribution is -2.27. The molecule has 0 bridgehead atoms. The zero-order valence-electron chi connectivity index (χ0n) is 43.5. The molecule has 17 nitrogen and oxygen atoms in total. The van der Waals surface area contributed by atoms with Gasteiger partial charge in [-0.05, 0) is 150 Å². The lowest BCUT2D eigenvalue weighted by Gasteiger charge is -2.25. The van der Waals surface area contributed by atoms with E-state index in [1.165, 1.54) is 54.1 Å². The number of Topliss-reactive ketones (excluding diaryl/α,β-unsaturated/α-hetero) is 2. The molecule has 18 heteroatoms. The average molecular weight is 1050 g/mol. The number of halogens is 1. The highest BCUT2D eigenvalue weighted by molar-refractivity contribution is 6.61. The van der Waals surface area contributed by atoms with Crippen molar-refractivity contribution in [1.82, 2.24) is 4.98 Å². The number of benzene rings is 4. The number of nitrogens with zero attached hydrogens (tertiary/aromatic N) is 3. The topological polar surface area (TPSA) is 234 Å². The Morgan fingerprint density at radius 2 is 0.973 bits per heavy atom. The number of non-ortho nitro benzene ring substituents is 2. The van der Waals surface area contributed by atoms with Crippen LogP contribution in [0.15, 0.2) is 152 Å². The van der Waals surface area contributed by atoms with Crippen molar-refractivity contribution in [1.29, 1.82) is 0 Å². The van der Waals surface area contributed by atoms with Gasteiger partial charge in [0.2, 0.25) is 0 Å². The molecule has 0 saturated heterocycles. The third kappa shape index (κ3) is 28.0. The number of rotatable bonds is 25. The summed E-state index contributed by atoms with van der Waals surface area (Å²) in [4.78, 5) is 68.9. The van der Waals surface area contributed by atoms with Crippen molar-refractivity contribution in [2.24, 2.45) is 0 Å². The number of carbonyl (C=O) groups is 4. The molecular weight excluding hydrogens is 986 g/mol. The lowest BCUT2D eigenvalue weighted by atomic mass is 9.96. The highest BCUT2D eigenvalue weighted by Gasteiger charge is 2.27. The molecule has 1 N–H and O–H groups in total. The number of nitro groups is 2. The Bertz CT molecular complexity index is 2540. The van der Waals surface area contributed by atoms with Crippen LogP contribution in [-0.4, -0.2) is 69.5 Å². The van der Waals surface area contributed by atoms with Crippen LogP contribution in [-0.2, 0) is 47.8 Å². The molecule has 4 aromatic carbocycles. The predicted octanol–water partition coefficient (Wildman–Crippen LogP) is 13.1. The molecule has 5 rings (SSSR count). The van der Waals surface area contributed by atoms with Crippen molar-refractivity contribution < 1.29 is 57.8 Å². The first kappa shape index (κ1) is 63.7. The SMILES string of the molecule is C=C(C)C(=O)CCCOCCCc1ccc(C(C)(C)O)cc1.C=C(C)C(=O)CCCOCCCc1ccc(C(C)(C)OC(=O)Oc2ccc([N+](=O)[O-])cc2)cc1.O=C(Cl)Oc1ccc([N+](=O)[O-])cc1.c1ccncc1. The second kappa shape index (κ2) is 34.1. The van der Waals surface area contributed by atoms with E-state index in [4.69, 9.17) is 30.5 Å². The number of aliphatic hydroxyl groups is 1. The van der Waals surface area contributed by atoms with Gasteiger partial charge in [-0.1, -0.05) is 67.8 Å². The number of allylic oxidation sites excluding steroid dienone is 2.